The number of amides is 1. The Morgan fingerprint density at radius 2 is 2.10 bits per heavy atom. The molecule has 21 heavy (non-hydrogen) atoms. The van der Waals surface area contributed by atoms with E-state index in [-0.39, 0.29) is 23.8 Å². The number of alkyl halides is 3. The molecule has 3 N–H and O–H groups in total. The first-order valence-corrected chi connectivity index (χ1v) is 7.57. The van der Waals surface area contributed by atoms with Crippen molar-refractivity contribution in [3.63, 3.8) is 0 Å². The van der Waals surface area contributed by atoms with Gasteiger partial charge in [0.2, 0.25) is 5.91 Å². The number of nitrogen functional groups attached to an aromatic ring is 1. The van der Waals surface area contributed by atoms with Gasteiger partial charge in [-0.25, -0.2) is 0 Å². The van der Waals surface area contributed by atoms with Gasteiger partial charge in [-0.2, -0.15) is 24.9 Å². The van der Waals surface area contributed by atoms with E-state index in [2.05, 4.69) is 5.32 Å². The first-order valence-electron chi connectivity index (χ1n) is 6.18. The number of benzene rings is 1. The maximum Gasteiger partial charge on any atom is 0.416 e. The molecule has 0 aliphatic heterocycles. The second-order valence-electron chi connectivity index (χ2n) is 4.58. The molecule has 8 heteroatoms. The van der Waals surface area contributed by atoms with Crippen LogP contribution in [-0.2, 0) is 11.0 Å². The fraction of sp³-hybridized carbons (Fsp3) is 0.462. The zero-order valence-corrected chi connectivity index (χ0v) is 12.6. The van der Waals surface area contributed by atoms with Gasteiger partial charge in [0.25, 0.3) is 0 Å². The van der Waals surface area contributed by atoms with Crippen LogP contribution in [0.2, 0.25) is 0 Å². The number of nitrogens with two attached hydrogens (primary N) is 1. The summed E-state index contributed by atoms with van der Waals surface area (Å²) in [7, 11) is 1.80. The molecule has 0 aliphatic rings. The molecule has 118 valence electrons. The molecule has 0 aromatic heterocycles. The molecule has 0 saturated heterocycles. The van der Waals surface area contributed by atoms with Gasteiger partial charge in [0.15, 0.2) is 0 Å². The van der Waals surface area contributed by atoms with Crippen molar-refractivity contribution in [1.82, 2.24) is 4.90 Å². The highest BCUT2D eigenvalue weighted by atomic mass is 32.2. The minimum atomic E-state index is -4.45. The molecular weight excluding hydrogens is 303 g/mol. The Kier molecular flexibility index (Phi) is 6.35. The molecule has 1 rings (SSSR count). The first kappa shape index (κ1) is 17.6. The van der Waals surface area contributed by atoms with E-state index in [0.29, 0.717) is 0 Å². The maximum absolute atomic E-state index is 12.5. The summed E-state index contributed by atoms with van der Waals surface area (Å²) in [5.74, 6) is 0.580. The highest BCUT2D eigenvalue weighted by Crippen LogP contribution is 2.32. The molecule has 0 saturated carbocycles. The van der Waals surface area contributed by atoms with Gasteiger partial charge in [0.05, 0.1) is 23.5 Å². The van der Waals surface area contributed by atoms with E-state index in [0.717, 1.165) is 30.5 Å². The van der Waals surface area contributed by atoms with Gasteiger partial charge in [-0.05, 0) is 31.5 Å². The number of carbonyl (C=O) groups is 1. The SMILES string of the molecule is CSCCN(C)CC(=O)Nc1ccc(C(F)(F)F)cc1N. The van der Waals surface area contributed by atoms with Gasteiger partial charge in [-0.3, -0.25) is 9.69 Å². The van der Waals surface area contributed by atoms with Crippen molar-refractivity contribution in [2.24, 2.45) is 0 Å². The Hall–Kier alpha value is -1.41. The first-order chi connectivity index (χ1) is 9.74. The number of nitrogens with one attached hydrogen (secondary N) is 1. The van der Waals surface area contributed by atoms with E-state index in [1.54, 1.807) is 18.8 Å². The van der Waals surface area contributed by atoms with E-state index < -0.39 is 11.7 Å². The van der Waals surface area contributed by atoms with Gasteiger partial charge in [-0.15, -0.1) is 0 Å². The fourth-order valence-corrected chi connectivity index (χ4v) is 2.11. The number of hydrogen-bond acceptors (Lipinski definition) is 4. The Morgan fingerprint density at radius 1 is 1.43 bits per heavy atom. The average molecular weight is 321 g/mol. The number of rotatable bonds is 6. The molecule has 0 heterocycles. The second-order valence-corrected chi connectivity index (χ2v) is 5.56. The molecule has 1 amide bonds. The van der Waals surface area contributed by atoms with Gasteiger partial charge >= 0.3 is 6.18 Å². The van der Waals surface area contributed by atoms with Crippen LogP contribution in [0.1, 0.15) is 5.56 Å². The number of nitrogens with zero attached hydrogens (tertiary/aromatic N) is 1. The molecule has 0 bridgehead atoms. The zero-order valence-electron chi connectivity index (χ0n) is 11.8. The van der Waals surface area contributed by atoms with Crippen molar-refractivity contribution in [2.75, 3.05) is 43.2 Å². The monoisotopic (exact) mass is 321 g/mol. The van der Waals surface area contributed by atoms with E-state index in [1.165, 1.54) is 0 Å². The average Bonchev–Trinajstić information content (AvgIpc) is 2.37. The summed E-state index contributed by atoms with van der Waals surface area (Å²) >= 11 is 1.67. The molecule has 0 fully saturated rings. The van der Waals surface area contributed by atoms with Crippen LogP contribution in [0, 0.1) is 0 Å². The summed E-state index contributed by atoms with van der Waals surface area (Å²) in [5, 5.41) is 2.52. The number of anilines is 2. The van der Waals surface area contributed by atoms with Crippen LogP contribution in [0.4, 0.5) is 24.5 Å². The highest BCUT2D eigenvalue weighted by molar-refractivity contribution is 7.98. The lowest BCUT2D eigenvalue weighted by molar-refractivity contribution is -0.137. The zero-order chi connectivity index (χ0) is 16.0. The molecule has 1 aromatic rings. The van der Waals surface area contributed by atoms with Crippen molar-refractivity contribution >= 4 is 29.0 Å². The number of hydrogen-bond donors (Lipinski definition) is 2. The fourth-order valence-electron chi connectivity index (χ4n) is 1.61. The van der Waals surface area contributed by atoms with Crippen LogP contribution in [0.5, 0.6) is 0 Å². The van der Waals surface area contributed by atoms with Crippen LogP contribution in [-0.4, -0.2) is 43.0 Å². The van der Waals surface area contributed by atoms with Crippen molar-refractivity contribution in [2.45, 2.75) is 6.18 Å². The lowest BCUT2D eigenvalue weighted by Gasteiger charge is -2.16. The standard InChI is InChI=1S/C13H18F3N3OS/c1-19(5-6-21-2)8-12(20)18-11-4-3-9(7-10(11)17)13(14,15)16/h3-4,7H,5-6,8,17H2,1-2H3,(H,18,20). The minimum Gasteiger partial charge on any atom is -0.397 e. The van der Waals surface area contributed by atoms with Crippen LogP contribution < -0.4 is 11.1 Å². The molecule has 4 nitrogen and oxygen atoms in total. The predicted molar refractivity (Wildman–Crippen MR) is 80.4 cm³/mol. The largest absolute Gasteiger partial charge is 0.416 e. The smallest absolute Gasteiger partial charge is 0.397 e. The molecule has 0 spiro atoms. The van der Waals surface area contributed by atoms with E-state index in [4.69, 9.17) is 5.73 Å². The van der Waals surface area contributed by atoms with Gasteiger partial charge in [-0.1, -0.05) is 0 Å². The molecule has 0 radical (unpaired) electrons. The van der Waals surface area contributed by atoms with E-state index >= 15 is 0 Å². The Morgan fingerprint density at radius 3 is 2.62 bits per heavy atom. The third-order valence-corrected chi connectivity index (χ3v) is 3.33. The summed E-state index contributed by atoms with van der Waals surface area (Å²) in [4.78, 5) is 13.6. The van der Waals surface area contributed by atoms with Gasteiger partial charge in [0.1, 0.15) is 0 Å². The molecule has 0 aliphatic carbocycles. The maximum atomic E-state index is 12.5. The van der Waals surface area contributed by atoms with Gasteiger partial charge in [0, 0.05) is 12.3 Å². The van der Waals surface area contributed by atoms with Crippen LogP contribution in [0.3, 0.4) is 0 Å². The van der Waals surface area contributed by atoms with Crippen LogP contribution in [0.25, 0.3) is 0 Å². The minimum absolute atomic E-state index is 0.107. The third kappa shape index (κ3) is 5.84. The Labute approximate surface area is 125 Å². The number of likely N-dealkylation sites (N-methyl/N-ethyl adjacent to an activating group) is 1. The predicted octanol–water partition coefficient (Wildman–Crippen LogP) is 2.52. The molecule has 0 atom stereocenters. The summed E-state index contributed by atoms with van der Waals surface area (Å²) in [5.41, 5.74) is 4.79. The van der Waals surface area contributed by atoms with Crippen LogP contribution in [0.15, 0.2) is 18.2 Å². The lowest BCUT2D eigenvalue weighted by atomic mass is 10.1. The third-order valence-electron chi connectivity index (χ3n) is 2.74. The highest BCUT2D eigenvalue weighted by Gasteiger charge is 2.30. The van der Waals surface area contributed by atoms with Gasteiger partial charge < -0.3 is 11.1 Å². The number of halogens is 3. The Balaban J connectivity index is 2.65. The molecule has 0 unspecified atom stereocenters. The van der Waals surface area contributed by atoms with Crippen molar-refractivity contribution in [1.29, 1.82) is 0 Å². The van der Waals surface area contributed by atoms with Crippen molar-refractivity contribution in [3.05, 3.63) is 23.8 Å². The number of carbonyl (C=O) groups excluding carboxylic acids is 1. The summed E-state index contributed by atoms with van der Waals surface area (Å²) in [6, 6.07) is 2.87. The van der Waals surface area contributed by atoms with Crippen molar-refractivity contribution in [3.8, 4) is 0 Å². The quantitative estimate of drug-likeness (QED) is 0.791. The normalized spacial score (nSPS) is 11.7. The van der Waals surface area contributed by atoms with E-state index in [9.17, 15) is 18.0 Å². The summed E-state index contributed by atoms with van der Waals surface area (Å²) in [6.45, 7) is 0.901. The topological polar surface area (TPSA) is 58.4 Å². The van der Waals surface area contributed by atoms with E-state index in [1.807, 2.05) is 11.2 Å². The second kappa shape index (κ2) is 7.56. The summed E-state index contributed by atoms with van der Waals surface area (Å²) < 4.78 is 37.5. The lowest BCUT2D eigenvalue weighted by Crippen LogP contribution is -2.31. The number of thioether (sulfide) groups is 1. The Bertz CT molecular complexity index is 494. The van der Waals surface area contributed by atoms with Crippen molar-refractivity contribution < 1.29 is 18.0 Å². The molecular formula is C13H18F3N3OS. The molecule has 1 aromatic carbocycles. The summed E-state index contributed by atoms with van der Waals surface area (Å²) in [6.07, 6.45) is -2.48. The van der Waals surface area contributed by atoms with Crippen LogP contribution >= 0.6 is 11.8 Å².